The molecule has 5 heteroatoms. The number of hydrogen-bond acceptors (Lipinski definition) is 3. The van der Waals surface area contributed by atoms with Gasteiger partial charge in [0, 0.05) is 0 Å². The number of rotatable bonds is 0. The van der Waals surface area contributed by atoms with Crippen LogP contribution >= 0.6 is 0 Å². The molecule has 7 heavy (non-hydrogen) atoms. The normalized spacial score (nSPS) is 7.57. The molecule has 5 N–H and O–H groups in total. The van der Waals surface area contributed by atoms with Crippen molar-refractivity contribution in [1.82, 2.24) is 5.48 Å². The fourth-order valence-electron chi connectivity index (χ4n) is 0.0602. The maximum Gasteiger partial charge on any atom is 0.309 e. The number of carbonyl (C=O) groups is 1. The largest absolute Gasteiger partial charge is 0.380 e. The average molecular weight is 103 g/mol. The van der Waals surface area contributed by atoms with Crippen LogP contribution in [0.25, 0.3) is 0 Å². The van der Waals surface area contributed by atoms with Gasteiger partial charge in [-0.05, 0) is 0 Å². The highest BCUT2D eigenvalue weighted by molar-refractivity contribution is 6.35. The second-order valence-corrected chi connectivity index (χ2v) is 0.855. The first-order chi connectivity index (χ1) is 3.18. The van der Waals surface area contributed by atoms with Crippen molar-refractivity contribution >= 4 is 11.7 Å². The molecule has 0 aliphatic carbocycles. The number of hydrogen-bond donors (Lipinski definition) is 4. The predicted molar refractivity (Wildman–Crippen MR) is 21.8 cm³/mol. The molecule has 0 spiro atoms. The summed E-state index contributed by atoms with van der Waals surface area (Å²) in [5, 5.41) is 14.0. The summed E-state index contributed by atoms with van der Waals surface area (Å²) in [4.78, 5) is 9.80. The lowest BCUT2D eigenvalue weighted by atomic mass is 10.6. The fraction of sp³-hybridized carbons (Fsp3) is 0. The van der Waals surface area contributed by atoms with Crippen molar-refractivity contribution in [3.05, 3.63) is 0 Å². The molecule has 0 fully saturated rings. The van der Waals surface area contributed by atoms with E-state index in [-0.39, 0.29) is 0 Å². The Bertz CT molecular complexity index is 99.1. The molecular formula is C2H5N3O2. The predicted octanol–water partition coefficient (Wildman–Crippen LogP) is -1.57. The molecule has 0 atom stereocenters. The minimum atomic E-state index is -0.986. The lowest BCUT2D eigenvalue weighted by Crippen LogP contribution is -2.33. The Hall–Kier alpha value is -1.10. The summed E-state index contributed by atoms with van der Waals surface area (Å²) in [6.45, 7) is 0. The molecule has 40 valence electrons. The van der Waals surface area contributed by atoms with Crippen molar-refractivity contribution in [2.24, 2.45) is 5.73 Å². The van der Waals surface area contributed by atoms with Gasteiger partial charge in [0.05, 0.1) is 0 Å². The van der Waals surface area contributed by atoms with Crippen LogP contribution in [-0.2, 0) is 4.79 Å². The standard InChI is InChI=1S/C2H5N3O2/c3-1(4)2(6)5-7/h7H,(H3,3,4)(H,5,6). The van der Waals surface area contributed by atoms with Gasteiger partial charge >= 0.3 is 5.91 Å². The van der Waals surface area contributed by atoms with E-state index >= 15 is 0 Å². The lowest BCUT2D eigenvalue weighted by Gasteiger charge is -1.88. The van der Waals surface area contributed by atoms with Crippen LogP contribution in [0.15, 0.2) is 0 Å². The number of nitrogens with two attached hydrogens (primary N) is 1. The van der Waals surface area contributed by atoms with Crippen molar-refractivity contribution in [1.29, 1.82) is 5.41 Å². The third-order valence-corrected chi connectivity index (χ3v) is 0.346. The zero-order valence-electron chi connectivity index (χ0n) is 3.43. The summed E-state index contributed by atoms with van der Waals surface area (Å²) in [6, 6.07) is 0. The number of amidine groups is 1. The summed E-state index contributed by atoms with van der Waals surface area (Å²) in [7, 11) is 0. The van der Waals surface area contributed by atoms with Gasteiger partial charge < -0.3 is 5.73 Å². The van der Waals surface area contributed by atoms with Gasteiger partial charge in [-0.15, -0.1) is 0 Å². The third-order valence-electron chi connectivity index (χ3n) is 0.346. The van der Waals surface area contributed by atoms with Gasteiger partial charge in [-0.2, -0.15) is 0 Å². The van der Waals surface area contributed by atoms with Gasteiger partial charge in [-0.3, -0.25) is 15.4 Å². The highest BCUT2D eigenvalue weighted by atomic mass is 16.5. The molecule has 0 bridgehead atoms. The molecule has 0 rings (SSSR count). The average Bonchev–Trinajstić information content (AvgIpc) is 1.65. The smallest absolute Gasteiger partial charge is 0.309 e. The quantitative estimate of drug-likeness (QED) is 0.129. The Morgan fingerprint density at radius 1 is 1.86 bits per heavy atom. The van der Waals surface area contributed by atoms with Gasteiger partial charge in [0.2, 0.25) is 0 Å². The molecule has 1 amide bonds. The first kappa shape index (κ1) is 5.90. The number of amides is 1. The monoisotopic (exact) mass is 103 g/mol. The van der Waals surface area contributed by atoms with Crippen molar-refractivity contribution in [3.63, 3.8) is 0 Å². The van der Waals surface area contributed by atoms with Crippen molar-refractivity contribution < 1.29 is 10.0 Å². The van der Waals surface area contributed by atoms with Crippen LogP contribution in [0.2, 0.25) is 0 Å². The summed E-state index contributed by atoms with van der Waals surface area (Å²) >= 11 is 0. The lowest BCUT2D eigenvalue weighted by molar-refractivity contribution is -0.122. The summed E-state index contributed by atoms with van der Waals surface area (Å²) in [5.41, 5.74) is 5.73. The van der Waals surface area contributed by atoms with Crippen LogP contribution in [0.3, 0.4) is 0 Å². The van der Waals surface area contributed by atoms with Crippen LogP contribution in [0.4, 0.5) is 0 Å². The maximum atomic E-state index is 9.80. The SMILES string of the molecule is N=C(N)C(=O)NO. The molecule has 0 saturated heterocycles. The van der Waals surface area contributed by atoms with Gasteiger partial charge in [0.15, 0.2) is 5.84 Å². The highest BCUT2D eigenvalue weighted by Crippen LogP contribution is 1.54. The van der Waals surface area contributed by atoms with Crippen LogP contribution in [0.5, 0.6) is 0 Å². The van der Waals surface area contributed by atoms with Gasteiger partial charge in [-0.1, -0.05) is 0 Å². The second-order valence-electron chi connectivity index (χ2n) is 0.855. The topological polar surface area (TPSA) is 99.2 Å². The molecule has 0 aromatic carbocycles. The molecule has 0 unspecified atom stereocenters. The molecule has 0 aromatic rings. The summed E-state index contributed by atoms with van der Waals surface area (Å²) in [6.07, 6.45) is 0. The van der Waals surface area contributed by atoms with E-state index in [1.54, 1.807) is 0 Å². The van der Waals surface area contributed by atoms with E-state index in [0.717, 1.165) is 0 Å². The zero-order chi connectivity index (χ0) is 5.86. The zero-order valence-corrected chi connectivity index (χ0v) is 3.43. The van der Waals surface area contributed by atoms with E-state index in [2.05, 4.69) is 5.73 Å². The first-order valence-electron chi connectivity index (χ1n) is 1.47. The first-order valence-corrected chi connectivity index (χ1v) is 1.47. The Labute approximate surface area is 39.6 Å². The molecule has 0 aliphatic rings. The Morgan fingerprint density at radius 2 is 2.29 bits per heavy atom. The van der Waals surface area contributed by atoms with Crippen LogP contribution in [0, 0.1) is 5.41 Å². The number of carbonyl (C=O) groups excluding carboxylic acids is 1. The summed E-state index contributed by atoms with van der Waals surface area (Å²) < 4.78 is 0. The molecule has 0 aromatic heterocycles. The van der Waals surface area contributed by atoms with Crippen molar-refractivity contribution in [3.8, 4) is 0 Å². The van der Waals surface area contributed by atoms with Gasteiger partial charge in [0.1, 0.15) is 0 Å². The van der Waals surface area contributed by atoms with Gasteiger partial charge in [-0.25, -0.2) is 5.48 Å². The third kappa shape index (κ3) is 1.72. The minimum Gasteiger partial charge on any atom is -0.380 e. The number of nitrogens with one attached hydrogen (secondary N) is 2. The van der Waals surface area contributed by atoms with E-state index < -0.39 is 11.7 Å². The maximum absolute atomic E-state index is 9.80. The van der Waals surface area contributed by atoms with E-state index in [9.17, 15) is 4.79 Å². The van der Waals surface area contributed by atoms with E-state index in [0.29, 0.717) is 0 Å². The van der Waals surface area contributed by atoms with Gasteiger partial charge in [0.25, 0.3) is 0 Å². The fourth-order valence-corrected chi connectivity index (χ4v) is 0.0602. The Balaban J connectivity index is 3.58. The minimum absolute atomic E-state index is 0.706. The van der Waals surface area contributed by atoms with E-state index in [1.165, 1.54) is 5.48 Å². The molecule has 0 saturated carbocycles. The van der Waals surface area contributed by atoms with Crippen LogP contribution < -0.4 is 11.2 Å². The molecule has 0 aliphatic heterocycles. The molecule has 0 radical (unpaired) electrons. The van der Waals surface area contributed by atoms with E-state index in [4.69, 9.17) is 10.6 Å². The molecule has 5 nitrogen and oxygen atoms in total. The van der Waals surface area contributed by atoms with Crippen LogP contribution in [0.1, 0.15) is 0 Å². The van der Waals surface area contributed by atoms with Crippen LogP contribution in [-0.4, -0.2) is 17.0 Å². The van der Waals surface area contributed by atoms with Crippen molar-refractivity contribution in [2.75, 3.05) is 0 Å². The Kier molecular flexibility index (Phi) is 1.80. The van der Waals surface area contributed by atoms with E-state index in [1.807, 2.05) is 0 Å². The second kappa shape index (κ2) is 2.14. The van der Waals surface area contributed by atoms with Crippen molar-refractivity contribution in [2.45, 2.75) is 0 Å². The Morgan fingerprint density at radius 3 is 2.29 bits per heavy atom. The summed E-state index contributed by atoms with van der Waals surface area (Å²) in [5.74, 6) is -1.69. The molecular weight excluding hydrogens is 98.0 g/mol. The highest BCUT2D eigenvalue weighted by Gasteiger charge is 1.98. The number of hydroxylamine groups is 1. The molecule has 0 heterocycles.